The average molecular weight is 152 g/mol. The van der Waals surface area contributed by atoms with E-state index in [1.807, 2.05) is 0 Å². The molecule has 0 saturated carbocycles. The molecule has 0 rings (SSSR count). The molecule has 0 radical (unpaired) electrons. The SMILES string of the molecule is CC(=O)O.CCC(=O)O.O. The van der Waals surface area contributed by atoms with E-state index in [9.17, 15) is 4.79 Å². The molecule has 10 heavy (non-hydrogen) atoms. The number of rotatable bonds is 1. The maximum absolute atomic E-state index is 9.37. The van der Waals surface area contributed by atoms with Crippen molar-refractivity contribution < 1.29 is 25.3 Å². The monoisotopic (exact) mass is 152 g/mol. The van der Waals surface area contributed by atoms with Crippen LogP contribution in [0.25, 0.3) is 0 Å². The Morgan fingerprint density at radius 2 is 1.40 bits per heavy atom. The molecule has 0 saturated heterocycles. The van der Waals surface area contributed by atoms with Crippen LogP contribution in [0.2, 0.25) is 0 Å². The van der Waals surface area contributed by atoms with Crippen LogP contribution in [-0.4, -0.2) is 27.6 Å². The van der Waals surface area contributed by atoms with Gasteiger partial charge in [0.25, 0.3) is 5.97 Å². The summed E-state index contributed by atoms with van der Waals surface area (Å²) in [6.45, 7) is 2.68. The summed E-state index contributed by atoms with van der Waals surface area (Å²) < 4.78 is 0. The van der Waals surface area contributed by atoms with Gasteiger partial charge in [-0.2, -0.15) is 0 Å². The van der Waals surface area contributed by atoms with Crippen molar-refractivity contribution in [3.05, 3.63) is 0 Å². The van der Waals surface area contributed by atoms with Crippen LogP contribution < -0.4 is 0 Å². The fourth-order valence-electron chi connectivity index (χ4n) is 0. The summed E-state index contributed by atoms with van der Waals surface area (Å²) in [4.78, 5) is 18.4. The Bertz CT molecular complexity index is 94.2. The van der Waals surface area contributed by atoms with Gasteiger partial charge in [0.05, 0.1) is 0 Å². The molecular formula is C5H12O5. The van der Waals surface area contributed by atoms with Crippen molar-refractivity contribution in [1.29, 1.82) is 0 Å². The highest BCUT2D eigenvalue weighted by Crippen LogP contribution is 1.67. The summed E-state index contributed by atoms with van der Waals surface area (Å²) in [6, 6.07) is 0. The summed E-state index contributed by atoms with van der Waals surface area (Å²) in [5.74, 6) is -1.58. The Labute approximate surface area is 58.6 Å². The van der Waals surface area contributed by atoms with Crippen LogP contribution in [0, 0.1) is 0 Å². The van der Waals surface area contributed by atoms with Gasteiger partial charge in [0.2, 0.25) is 0 Å². The lowest BCUT2D eigenvalue weighted by molar-refractivity contribution is -0.137. The lowest BCUT2D eigenvalue weighted by atomic mass is 10.5. The van der Waals surface area contributed by atoms with Gasteiger partial charge in [-0.1, -0.05) is 6.92 Å². The second-order valence-corrected chi connectivity index (χ2v) is 1.27. The van der Waals surface area contributed by atoms with Crippen molar-refractivity contribution in [1.82, 2.24) is 0 Å². The highest BCUT2D eigenvalue weighted by molar-refractivity contribution is 5.66. The minimum absolute atomic E-state index is 0. The first-order valence-corrected chi connectivity index (χ1v) is 2.42. The maximum atomic E-state index is 9.37. The molecule has 0 fully saturated rings. The lowest BCUT2D eigenvalue weighted by Crippen LogP contribution is -1.86. The van der Waals surface area contributed by atoms with E-state index in [1.54, 1.807) is 6.92 Å². The second kappa shape index (κ2) is 10.8. The largest absolute Gasteiger partial charge is 0.481 e. The topological polar surface area (TPSA) is 106 Å². The normalized spacial score (nSPS) is 6.20. The van der Waals surface area contributed by atoms with Crippen molar-refractivity contribution in [3.8, 4) is 0 Å². The molecule has 0 aromatic carbocycles. The van der Waals surface area contributed by atoms with Gasteiger partial charge in [0, 0.05) is 13.3 Å². The molecule has 5 nitrogen and oxygen atoms in total. The first-order valence-electron chi connectivity index (χ1n) is 2.42. The third kappa shape index (κ3) is 297. The van der Waals surface area contributed by atoms with Gasteiger partial charge < -0.3 is 15.7 Å². The van der Waals surface area contributed by atoms with Crippen molar-refractivity contribution >= 4 is 11.9 Å². The predicted molar refractivity (Wildman–Crippen MR) is 34.9 cm³/mol. The fraction of sp³-hybridized carbons (Fsp3) is 0.600. The summed E-state index contributed by atoms with van der Waals surface area (Å²) in [7, 11) is 0. The molecule has 0 unspecified atom stereocenters. The smallest absolute Gasteiger partial charge is 0.303 e. The van der Waals surface area contributed by atoms with E-state index in [2.05, 4.69) is 0 Å². The zero-order valence-corrected chi connectivity index (χ0v) is 5.92. The molecule has 0 spiro atoms. The van der Waals surface area contributed by atoms with E-state index in [1.165, 1.54) is 0 Å². The van der Waals surface area contributed by atoms with Gasteiger partial charge in [-0.25, -0.2) is 0 Å². The molecule has 5 heteroatoms. The number of hydrogen-bond acceptors (Lipinski definition) is 2. The number of aliphatic carboxylic acids is 2. The second-order valence-electron chi connectivity index (χ2n) is 1.27. The van der Waals surface area contributed by atoms with E-state index in [4.69, 9.17) is 15.0 Å². The van der Waals surface area contributed by atoms with Crippen LogP contribution in [0.1, 0.15) is 20.3 Å². The zero-order chi connectivity index (χ0) is 7.86. The van der Waals surface area contributed by atoms with Crippen molar-refractivity contribution in [2.75, 3.05) is 0 Å². The molecule has 0 aliphatic heterocycles. The molecule has 0 aliphatic carbocycles. The van der Waals surface area contributed by atoms with Gasteiger partial charge in [0.1, 0.15) is 0 Å². The zero-order valence-electron chi connectivity index (χ0n) is 5.92. The quantitative estimate of drug-likeness (QED) is 0.540. The summed E-state index contributed by atoms with van der Waals surface area (Å²) >= 11 is 0. The Hall–Kier alpha value is -1.10. The molecular weight excluding hydrogens is 140 g/mol. The van der Waals surface area contributed by atoms with Gasteiger partial charge in [0.15, 0.2) is 0 Å². The van der Waals surface area contributed by atoms with E-state index in [0.29, 0.717) is 0 Å². The van der Waals surface area contributed by atoms with Crippen LogP contribution in [0.15, 0.2) is 0 Å². The van der Waals surface area contributed by atoms with Crippen molar-refractivity contribution in [2.45, 2.75) is 20.3 Å². The molecule has 4 N–H and O–H groups in total. The Kier molecular flexibility index (Phi) is 17.2. The van der Waals surface area contributed by atoms with E-state index in [-0.39, 0.29) is 11.9 Å². The molecule has 0 atom stereocenters. The molecule has 0 heterocycles. The third-order valence-electron chi connectivity index (χ3n) is 0.302. The fourth-order valence-corrected chi connectivity index (χ4v) is 0. The van der Waals surface area contributed by atoms with Gasteiger partial charge >= 0.3 is 5.97 Å². The first-order chi connectivity index (χ1) is 4.00. The van der Waals surface area contributed by atoms with Gasteiger partial charge in [-0.05, 0) is 0 Å². The average Bonchev–Trinajstić information content (AvgIpc) is 1.65. The third-order valence-corrected chi connectivity index (χ3v) is 0.302. The summed E-state index contributed by atoms with van der Waals surface area (Å²) in [5.41, 5.74) is 0. The number of carboxylic acids is 2. The highest BCUT2D eigenvalue weighted by atomic mass is 16.4. The Balaban J connectivity index is -0.0000000910. The first kappa shape index (κ1) is 16.0. The lowest BCUT2D eigenvalue weighted by Gasteiger charge is -1.71. The molecule has 0 amide bonds. The summed E-state index contributed by atoms with van der Waals surface area (Å²) in [5, 5.41) is 15.1. The van der Waals surface area contributed by atoms with Gasteiger partial charge in [-0.15, -0.1) is 0 Å². The van der Waals surface area contributed by atoms with Crippen LogP contribution in [0.4, 0.5) is 0 Å². The van der Waals surface area contributed by atoms with E-state index < -0.39 is 11.9 Å². The number of carboxylic acid groups (broad SMARTS) is 2. The number of hydrogen-bond donors (Lipinski definition) is 2. The van der Waals surface area contributed by atoms with Crippen LogP contribution in [-0.2, 0) is 9.59 Å². The number of carbonyl (C=O) groups is 2. The van der Waals surface area contributed by atoms with Crippen LogP contribution >= 0.6 is 0 Å². The maximum Gasteiger partial charge on any atom is 0.303 e. The predicted octanol–water partition coefficient (Wildman–Crippen LogP) is -0.253. The van der Waals surface area contributed by atoms with Crippen molar-refractivity contribution in [3.63, 3.8) is 0 Å². The minimum atomic E-state index is -0.833. The molecule has 0 bridgehead atoms. The summed E-state index contributed by atoms with van der Waals surface area (Å²) in [6.07, 6.45) is 0.222. The Morgan fingerprint density at radius 3 is 1.40 bits per heavy atom. The Morgan fingerprint density at radius 1 is 1.30 bits per heavy atom. The van der Waals surface area contributed by atoms with Gasteiger partial charge in [-0.3, -0.25) is 9.59 Å². The highest BCUT2D eigenvalue weighted by Gasteiger charge is 1.80. The molecule has 62 valence electrons. The molecule has 0 aromatic heterocycles. The van der Waals surface area contributed by atoms with Crippen molar-refractivity contribution in [2.24, 2.45) is 0 Å². The van der Waals surface area contributed by atoms with Crippen LogP contribution in [0.3, 0.4) is 0 Å². The van der Waals surface area contributed by atoms with E-state index >= 15 is 0 Å². The molecule has 0 aliphatic rings. The standard InChI is InChI=1S/C3H6O2.C2H4O2.H2O/c1-2-3(4)5;1-2(3)4;/h2H2,1H3,(H,4,5);1H3,(H,3,4);1H2. The van der Waals surface area contributed by atoms with Crippen LogP contribution in [0.5, 0.6) is 0 Å². The molecule has 0 aromatic rings. The van der Waals surface area contributed by atoms with E-state index in [0.717, 1.165) is 6.92 Å². The minimum Gasteiger partial charge on any atom is -0.481 e.